The predicted octanol–water partition coefficient (Wildman–Crippen LogP) is 0.769. The van der Waals surface area contributed by atoms with E-state index in [9.17, 15) is 4.79 Å². The maximum absolute atomic E-state index is 10.6. The molecule has 1 aliphatic heterocycles. The molecule has 0 aromatic carbocycles. The normalized spacial score (nSPS) is 17.7. The van der Waals surface area contributed by atoms with Crippen LogP contribution in [0.2, 0.25) is 0 Å². The summed E-state index contributed by atoms with van der Waals surface area (Å²) in [7, 11) is 1.39. The van der Waals surface area contributed by atoms with E-state index in [2.05, 4.69) is 9.64 Å². The molecule has 62 valence electrons. The molecule has 1 saturated heterocycles. The standard InChI is InChI=1S/C8H13NO2/c1-11-8(10)4-7-9-5-2-3-6-9/h4,7H,2-3,5-6H2,1H3/b7-4-. The number of carbonyl (C=O) groups excluding carboxylic acids is 1. The molecule has 3 nitrogen and oxygen atoms in total. The van der Waals surface area contributed by atoms with Gasteiger partial charge >= 0.3 is 5.97 Å². The number of ether oxygens (including phenoxy) is 1. The fourth-order valence-electron chi connectivity index (χ4n) is 1.12. The predicted molar refractivity (Wildman–Crippen MR) is 42.0 cm³/mol. The number of methoxy groups -OCH3 is 1. The zero-order chi connectivity index (χ0) is 8.10. The Morgan fingerprint density at radius 2 is 2.09 bits per heavy atom. The third kappa shape index (κ3) is 2.62. The molecule has 1 fully saturated rings. The van der Waals surface area contributed by atoms with E-state index in [1.807, 2.05) is 0 Å². The van der Waals surface area contributed by atoms with Gasteiger partial charge in [0.2, 0.25) is 0 Å². The second-order valence-electron chi connectivity index (χ2n) is 2.58. The molecule has 0 bridgehead atoms. The molecule has 0 aromatic heterocycles. The average molecular weight is 155 g/mol. The smallest absolute Gasteiger partial charge is 0.331 e. The van der Waals surface area contributed by atoms with Crippen LogP contribution in [0.4, 0.5) is 0 Å². The summed E-state index contributed by atoms with van der Waals surface area (Å²) in [5.41, 5.74) is 0. The van der Waals surface area contributed by atoms with Gasteiger partial charge in [0, 0.05) is 25.4 Å². The molecule has 1 aliphatic rings. The number of likely N-dealkylation sites (tertiary alicyclic amines) is 1. The van der Waals surface area contributed by atoms with E-state index in [1.165, 1.54) is 26.0 Å². The van der Waals surface area contributed by atoms with Gasteiger partial charge < -0.3 is 9.64 Å². The number of rotatable bonds is 2. The van der Waals surface area contributed by atoms with Crippen molar-refractivity contribution in [1.82, 2.24) is 4.90 Å². The molecule has 0 unspecified atom stereocenters. The van der Waals surface area contributed by atoms with Gasteiger partial charge in [-0.2, -0.15) is 0 Å². The molecular formula is C8H13NO2. The van der Waals surface area contributed by atoms with E-state index < -0.39 is 0 Å². The van der Waals surface area contributed by atoms with Crippen molar-refractivity contribution in [3.8, 4) is 0 Å². The summed E-state index contributed by atoms with van der Waals surface area (Å²) in [6.07, 6.45) is 5.72. The van der Waals surface area contributed by atoms with E-state index in [-0.39, 0.29) is 5.97 Å². The molecule has 0 aliphatic carbocycles. The molecule has 0 amide bonds. The Labute approximate surface area is 66.6 Å². The van der Waals surface area contributed by atoms with Crippen LogP contribution in [-0.4, -0.2) is 31.1 Å². The van der Waals surface area contributed by atoms with Crippen molar-refractivity contribution in [2.45, 2.75) is 12.8 Å². The Morgan fingerprint density at radius 1 is 1.45 bits per heavy atom. The van der Waals surface area contributed by atoms with Gasteiger partial charge in [0.05, 0.1) is 7.11 Å². The minimum absolute atomic E-state index is 0.281. The van der Waals surface area contributed by atoms with E-state index >= 15 is 0 Å². The van der Waals surface area contributed by atoms with E-state index in [4.69, 9.17) is 0 Å². The molecule has 11 heavy (non-hydrogen) atoms. The van der Waals surface area contributed by atoms with Gasteiger partial charge in [-0.05, 0) is 12.8 Å². The minimum Gasteiger partial charge on any atom is -0.466 e. The fourth-order valence-corrected chi connectivity index (χ4v) is 1.12. The molecule has 0 saturated carbocycles. The summed E-state index contributed by atoms with van der Waals surface area (Å²) in [4.78, 5) is 12.8. The van der Waals surface area contributed by atoms with Crippen LogP contribution in [0.5, 0.6) is 0 Å². The van der Waals surface area contributed by atoms with Gasteiger partial charge in [0.25, 0.3) is 0 Å². The maximum atomic E-state index is 10.6. The highest BCUT2D eigenvalue weighted by atomic mass is 16.5. The largest absolute Gasteiger partial charge is 0.466 e. The van der Waals surface area contributed by atoms with Crippen LogP contribution in [-0.2, 0) is 9.53 Å². The Balaban J connectivity index is 2.27. The van der Waals surface area contributed by atoms with Crippen LogP contribution < -0.4 is 0 Å². The number of hydrogen-bond donors (Lipinski definition) is 0. The Bertz CT molecular complexity index is 159. The summed E-state index contributed by atoms with van der Waals surface area (Å²) in [6, 6.07) is 0. The number of hydrogen-bond acceptors (Lipinski definition) is 3. The lowest BCUT2D eigenvalue weighted by atomic mass is 10.4. The highest BCUT2D eigenvalue weighted by Gasteiger charge is 2.06. The summed E-state index contributed by atoms with van der Waals surface area (Å²) in [6.45, 7) is 2.13. The van der Waals surface area contributed by atoms with Gasteiger partial charge in [-0.1, -0.05) is 0 Å². The van der Waals surface area contributed by atoms with Gasteiger partial charge in [-0.15, -0.1) is 0 Å². The van der Waals surface area contributed by atoms with Gasteiger partial charge in [-0.25, -0.2) is 4.79 Å². The Morgan fingerprint density at radius 3 is 2.64 bits per heavy atom. The third-order valence-corrected chi connectivity index (χ3v) is 1.76. The molecule has 0 radical (unpaired) electrons. The van der Waals surface area contributed by atoms with Crippen LogP contribution >= 0.6 is 0 Å². The van der Waals surface area contributed by atoms with Crippen molar-refractivity contribution in [3.63, 3.8) is 0 Å². The van der Waals surface area contributed by atoms with Crippen molar-refractivity contribution < 1.29 is 9.53 Å². The second kappa shape index (κ2) is 4.01. The molecule has 0 spiro atoms. The monoisotopic (exact) mass is 155 g/mol. The minimum atomic E-state index is -0.281. The van der Waals surface area contributed by atoms with Crippen LogP contribution in [0.15, 0.2) is 12.3 Å². The Hall–Kier alpha value is -0.990. The lowest BCUT2D eigenvalue weighted by molar-refractivity contribution is -0.134. The van der Waals surface area contributed by atoms with Crippen molar-refractivity contribution in [3.05, 3.63) is 12.3 Å². The lowest BCUT2D eigenvalue weighted by Gasteiger charge is -2.08. The summed E-state index contributed by atoms with van der Waals surface area (Å²) in [5, 5.41) is 0. The number of esters is 1. The van der Waals surface area contributed by atoms with Crippen LogP contribution in [0.3, 0.4) is 0 Å². The summed E-state index contributed by atoms with van der Waals surface area (Å²) in [5.74, 6) is -0.281. The van der Waals surface area contributed by atoms with Gasteiger partial charge in [0.15, 0.2) is 0 Å². The topological polar surface area (TPSA) is 29.5 Å². The second-order valence-corrected chi connectivity index (χ2v) is 2.58. The van der Waals surface area contributed by atoms with Gasteiger partial charge in [-0.3, -0.25) is 0 Å². The van der Waals surface area contributed by atoms with Crippen LogP contribution in [0, 0.1) is 0 Å². The lowest BCUT2D eigenvalue weighted by Crippen LogP contribution is -2.11. The molecule has 1 rings (SSSR count). The average Bonchev–Trinajstić information content (AvgIpc) is 2.52. The van der Waals surface area contributed by atoms with Crippen molar-refractivity contribution in [2.24, 2.45) is 0 Å². The molecule has 3 heteroatoms. The fraction of sp³-hybridized carbons (Fsp3) is 0.625. The quantitative estimate of drug-likeness (QED) is 0.435. The van der Waals surface area contributed by atoms with Crippen LogP contribution in [0.1, 0.15) is 12.8 Å². The molecule has 1 heterocycles. The van der Waals surface area contributed by atoms with E-state index in [0.29, 0.717) is 0 Å². The van der Waals surface area contributed by atoms with Crippen molar-refractivity contribution in [1.29, 1.82) is 0 Å². The maximum Gasteiger partial charge on any atom is 0.331 e. The zero-order valence-electron chi connectivity index (χ0n) is 6.75. The number of carbonyl (C=O) groups is 1. The summed E-state index contributed by atoms with van der Waals surface area (Å²) < 4.78 is 4.46. The van der Waals surface area contributed by atoms with Crippen molar-refractivity contribution >= 4 is 5.97 Å². The van der Waals surface area contributed by atoms with E-state index in [0.717, 1.165) is 13.1 Å². The molecule has 0 atom stereocenters. The SMILES string of the molecule is COC(=O)/C=C\N1CCCC1. The van der Waals surface area contributed by atoms with Crippen molar-refractivity contribution in [2.75, 3.05) is 20.2 Å². The third-order valence-electron chi connectivity index (χ3n) is 1.76. The molecule has 0 N–H and O–H groups in total. The first kappa shape index (κ1) is 8.11. The van der Waals surface area contributed by atoms with E-state index in [1.54, 1.807) is 6.20 Å². The first-order chi connectivity index (χ1) is 5.33. The highest BCUT2D eigenvalue weighted by Crippen LogP contribution is 2.06. The molecule has 0 aromatic rings. The number of nitrogens with zero attached hydrogens (tertiary/aromatic N) is 1. The van der Waals surface area contributed by atoms with Crippen LogP contribution in [0.25, 0.3) is 0 Å². The highest BCUT2D eigenvalue weighted by molar-refractivity contribution is 5.81. The molecular weight excluding hydrogens is 142 g/mol. The Kier molecular flexibility index (Phi) is 2.95. The first-order valence-corrected chi connectivity index (χ1v) is 3.83. The van der Waals surface area contributed by atoms with Gasteiger partial charge in [0.1, 0.15) is 0 Å². The summed E-state index contributed by atoms with van der Waals surface area (Å²) >= 11 is 0. The zero-order valence-corrected chi connectivity index (χ0v) is 6.75. The first-order valence-electron chi connectivity index (χ1n) is 3.83.